The quantitative estimate of drug-likeness (QED) is 0.324. The molecular formula is C6H5BF4N2. The van der Waals surface area contributed by atoms with Crippen molar-refractivity contribution in [2.24, 2.45) is 0 Å². The highest BCUT2D eigenvalue weighted by molar-refractivity contribution is 6.33. The van der Waals surface area contributed by atoms with Gasteiger partial charge < -0.3 is 4.70 Å². The van der Waals surface area contributed by atoms with E-state index in [1.807, 2.05) is 18.2 Å². The molecule has 1 aromatic carbocycles. The molecule has 0 heterocycles. The van der Waals surface area contributed by atoms with E-state index in [2.05, 4.69) is 4.98 Å². The second kappa shape index (κ2) is 8.52. The lowest BCUT2D eigenvalue weighted by molar-refractivity contribution is -0.00000549. The molecular weight excluding hydrogens is 187 g/mol. The van der Waals surface area contributed by atoms with Crippen molar-refractivity contribution < 1.29 is 17.7 Å². The zero-order valence-corrected chi connectivity index (χ0v) is 6.37. The zero-order chi connectivity index (χ0) is 9.40. The normalized spacial score (nSPS) is 6.92. The molecule has 0 bridgehead atoms. The summed E-state index contributed by atoms with van der Waals surface area (Å²) in [6.45, 7) is 0. The van der Waals surface area contributed by atoms with E-state index in [0.717, 1.165) is 0 Å². The van der Waals surface area contributed by atoms with Crippen LogP contribution in [0.3, 0.4) is 0 Å². The molecule has 1 aromatic rings. The van der Waals surface area contributed by atoms with E-state index in [1.165, 1.54) is 0 Å². The number of rotatable bonds is 0. The van der Waals surface area contributed by atoms with Gasteiger partial charge in [-0.15, -0.1) is 0 Å². The van der Waals surface area contributed by atoms with E-state index in [4.69, 9.17) is 5.39 Å². The van der Waals surface area contributed by atoms with E-state index >= 15 is 0 Å². The van der Waals surface area contributed by atoms with Gasteiger partial charge in [0, 0.05) is 12.1 Å². The molecule has 0 spiro atoms. The topological polar surface area (TPSA) is 28.1 Å². The third kappa shape index (κ3) is 10.4. The van der Waals surface area contributed by atoms with Crippen LogP contribution >= 0.6 is 0 Å². The average molecular weight is 192 g/mol. The predicted octanol–water partition coefficient (Wildman–Crippen LogP) is 0.0550. The maximum absolute atomic E-state index is 9.67. The van der Waals surface area contributed by atoms with Crippen LogP contribution in [0.4, 0.5) is 18.6 Å². The monoisotopic (exact) mass is 192 g/mol. The Morgan fingerprint density at radius 2 is 1.46 bits per heavy atom. The van der Waals surface area contributed by atoms with Crippen molar-refractivity contribution in [1.82, 2.24) is 0 Å². The van der Waals surface area contributed by atoms with Crippen molar-refractivity contribution in [3.05, 3.63) is 35.3 Å². The minimum atomic E-state index is -3.67. The molecule has 13 heavy (non-hydrogen) atoms. The van der Waals surface area contributed by atoms with Crippen LogP contribution < -0.4 is 4.70 Å². The fourth-order valence-electron chi connectivity index (χ4n) is 0.495. The van der Waals surface area contributed by atoms with Gasteiger partial charge >= 0.3 is 13.2 Å². The molecule has 0 aliphatic carbocycles. The van der Waals surface area contributed by atoms with E-state index < -0.39 is 7.54 Å². The first kappa shape index (κ1) is 14.0. The SMILES string of the molecule is FB(F)F.N#[N+]c1ccccc1.[F-]. The average Bonchev–Trinajstić information content (AvgIpc) is 2.05. The molecule has 0 saturated carbocycles. The van der Waals surface area contributed by atoms with Gasteiger partial charge in [0.05, 0.1) is 0 Å². The van der Waals surface area contributed by atoms with Gasteiger partial charge in [0.2, 0.25) is 5.39 Å². The predicted molar refractivity (Wildman–Crippen MR) is 40.3 cm³/mol. The van der Waals surface area contributed by atoms with Gasteiger partial charge in [-0.3, -0.25) is 12.9 Å². The highest BCUT2D eigenvalue weighted by Gasteiger charge is 2.06. The highest BCUT2D eigenvalue weighted by atomic mass is 19.4. The summed E-state index contributed by atoms with van der Waals surface area (Å²) in [5, 5.41) is 8.16. The first-order chi connectivity index (χ1) is 5.66. The molecule has 0 fully saturated rings. The number of diazo groups is 1. The standard InChI is InChI=1S/C6H5N2.BF3.FH/c7-8-6-4-2-1-3-5-6;2-1(3)4;/h1-5H;;1H/q+1;;/p-1. The molecule has 0 amide bonds. The summed E-state index contributed by atoms with van der Waals surface area (Å²) >= 11 is 0. The molecule has 0 N–H and O–H groups in total. The Morgan fingerprint density at radius 1 is 1.08 bits per heavy atom. The summed E-state index contributed by atoms with van der Waals surface area (Å²) in [7, 11) is -3.67. The van der Waals surface area contributed by atoms with Gasteiger partial charge in [-0.25, -0.2) is 0 Å². The molecule has 70 valence electrons. The molecule has 0 aromatic heterocycles. The second-order valence-corrected chi connectivity index (χ2v) is 1.68. The van der Waals surface area contributed by atoms with Gasteiger partial charge in [0.25, 0.3) is 0 Å². The molecule has 0 atom stereocenters. The van der Waals surface area contributed by atoms with Crippen LogP contribution in [0.1, 0.15) is 0 Å². The summed E-state index contributed by atoms with van der Waals surface area (Å²) in [4.78, 5) is 2.97. The Morgan fingerprint density at radius 3 is 1.69 bits per heavy atom. The highest BCUT2D eigenvalue weighted by Crippen LogP contribution is 2.07. The zero-order valence-electron chi connectivity index (χ0n) is 6.37. The number of halogens is 4. The lowest BCUT2D eigenvalue weighted by Gasteiger charge is -1.69. The van der Waals surface area contributed by atoms with E-state index in [1.54, 1.807) is 12.1 Å². The maximum Gasteiger partial charge on any atom is 0.762 e. The minimum Gasteiger partial charge on any atom is -1.00 e. The molecule has 0 aliphatic rings. The van der Waals surface area contributed by atoms with Crippen LogP contribution in [-0.4, -0.2) is 7.54 Å². The number of nitrogens with zero attached hydrogens (tertiary/aromatic N) is 2. The minimum absolute atomic E-state index is 0. The van der Waals surface area contributed by atoms with Crippen molar-refractivity contribution in [1.29, 1.82) is 5.39 Å². The molecule has 0 unspecified atom stereocenters. The third-order valence-electron chi connectivity index (χ3n) is 0.872. The summed E-state index contributed by atoms with van der Waals surface area (Å²) < 4.78 is 29.0. The third-order valence-corrected chi connectivity index (χ3v) is 0.872. The summed E-state index contributed by atoms with van der Waals surface area (Å²) in [5.41, 5.74) is 0.590. The largest absolute Gasteiger partial charge is 1.00 e. The van der Waals surface area contributed by atoms with Crippen LogP contribution in [0, 0.1) is 5.39 Å². The van der Waals surface area contributed by atoms with Gasteiger partial charge in [-0.1, -0.05) is 18.2 Å². The Bertz CT molecular complexity index is 246. The lowest BCUT2D eigenvalue weighted by Crippen LogP contribution is -3.00. The molecule has 1 rings (SSSR count). The van der Waals surface area contributed by atoms with Crippen LogP contribution in [0.15, 0.2) is 30.3 Å². The maximum atomic E-state index is 9.67. The van der Waals surface area contributed by atoms with E-state index in [-0.39, 0.29) is 4.70 Å². The Hall–Kier alpha value is -1.58. The second-order valence-electron chi connectivity index (χ2n) is 1.68. The fraction of sp³-hybridized carbons (Fsp3) is 0. The first-order valence-corrected chi connectivity index (χ1v) is 2.99. The van der Waals surface area contributed by atoms with Crippen LogP contribution in [0.25, 0.3) is 4.98 Å². The molecule has 0 radical (unpaired) electrons. The first-order valence-electron chi connectivity index (χ1n) is 2.99. The molecule has 7 heteroatoms. The van der Waals surface area contributed by atoms with E-state index in [9.17, 15) is 12.9 Å². The number of benzene rings is 1. The smallest absolute Gasteiger partial charge is 0.762 e. The van der Waals surface area contributed by atoms with Crippen molar-refractivity contribution in [3.8, 4) is 0 Å². The van der Waals surface area contributed by atoms with E-state index in [0.29, 0.717) is 5.69 Å². The Kier molecular flexibility index (Phi) is 9.16. The van der Waals surface area contributed by atoms with Gasteiger partial charge in [0.15, 0.2) is 4.98 Å². The van der Waals surface area contributed by atoms with Gasteiger partial charge in [-0.2, -0.15) is 0 Å². The number of hydrogen-bond acceptors (Lipinski definition) is 1. The molecule has 0 aliphatic heterocycles. The van der Waals surface area contributed by atoms with Crippen LogP contribution in [-0.2, 0) is 0 Å². The Balaban J connectivity index is 0. The summed E-state index contributed by atoms with van der Waals surface area (Å²) in [6, 6.07) is 8.94. The van der Waals surface area contributed by atoms with Gasteiger partial charge in [0.1, 0.15) is 0 Å². The summed E-state index contributed by atoms with van der Waals surface area (Å²) in [5.74, 6) is 0. The molecule has 2 nitrogen and oxygen atoms in total. The lowest BCUT2D eigenvalue weighted by atomic mass is 10.3. The van der Waals surface area contributed by atoms with Crippen LogP contribution in [0.5, 0.6) is 0 Å². The Labute approximate surface area is 72.6 Å². The number of hydrogen-bond donors (Lipinski definition) is 0. The van der Waals surface area contributed by atoms with Crippen molar-refractivity contribution in [3.63, 3.8) is 0 Å². The molecule has 0 saturated heterocycles. The van der Waals surface area contributed by atoms with Crippen molar-refractivity contribution in [2.45, 2.75) is 0 Å². The fourth-order valence-corrected chi connectivity index (χ4v) is 0.495. The van der Waals surface area contributed by atoms with Gasteiger partial charge in [-0.05, 0) is 0 Å². The van der Waals surface area contributed by atoms with Crippen LogP contribution in [0.2, 0.25) is 0 Å². The van der Waals surface area contributed by atoms with Crippen molar-refractivity contribution in [2.75, 3.05) is 0 Å². The van der Waals surface area contributed by atoms with Crippen molar-refractivity contribution >= 4 is 13.2 Å². The summed E-state index contributed by atoms with van der Waals surface area (Å²) in [6.07, 6.45) is 0.